The van der Waals surface area contributed by atoms with E-state index < -0.39 is 17.8 Å². The Balaban J connectivity index is 2.03. The summed E-state index contributed by atoms with van der Waals surface area (Å²) in [5.74, 6) is -3.16. The highest BCUT2D eigenvalue weighted by molar-refractivity contribution is 5.95. The molecule has 2 N–H and O–H groups in total. The Labute approximate surface area is 128 Å². The van der Waals surface area contributed by atoms with Crippen molar-refractivity contribution in [3.8, 4) is 0 Å². The third-order valence-corrected chi connectivity index (χ3v) is 3.54. The van der Waals surface area contributed by atoms with Crippen LogP contribution in [0.5, 0.6) is 0 Å². The van der Waals surface area contributed by atoms with Gasteiger partial charge in [-0.15, -0.1) is 0 Å². The minimum absolute atomic E-state index is 0.178. The van der Waals surface area contributed by atoms with Gasteiger partial charge in [0.05, 0.1) is 5.92 Å². The average Bonchev–Trinajstić information content (AvgIpc) is 2.48. The van der Waals surface area contributed by atoms with Gasteiger partial charge in [0.25, 0.3) is 0 Å². The summed E-state index contributed by atoms with van der Waals surface area (Å²) in [7, 11) is 0. The number of allylic oxidation sites excluding steroid dienone is 2. The van der Waals surface area contributed by atoms with Crippen molar-refractivity contribution in [3.63, 3.8) is 0 Å². The summed E-state index contributed by atoms with van der Waals surface area (Å²) >= 11 is 0. The van der Waals surface area contributed by atoms with Crippen LogP contribution in [0.15, 0.2) is 36.4 Å². The van der Waals surface area contributed by atoms with Crippen molar-refractivity contribution in [2.24, 2.45) is 11.8 Å². The van der Waals surface area contributed by atoms with Crippen LogP contribution in [0.25, 0.3) is 0 Å². The van der Waals surface area contributed by atoms with Gasteiger partial charge in [0.15, 0.2) is 0 Å². The zero-order chi connectivity index (χ0) is 16.1. The fourth-order valence-corrected chi connectivity index (χ4v) is 2.44. The second-order valence-electron chi connectivity index (χ2n) is 5.22. The van der Waals surface area contributed by atoms with E-state index in [-0.39, 0.29) is 11.8 Å². The standard InChI is InChI=1S/C16H18N2O4/c1-10(19)17-11-6-8-12(9-7-11)18-15(20)13-4-2-3-5-14(13)16(21)22/h2-3,6-9,13-14H,4-5H2,1H3,(H,17,19)(H,18,20)(H,21,22)/p-1/t13-,14-/m0/s1. The van der Waals surface area contributed by atoms with Gasteiger partial charge in [0, 0.05) is 30.2 Å². The maximum atomic E-state index is 12.2. The Hall–Kier alpha value is -2.63. The molecular weight excluding hydrogens is 284 g/mol. The van der Waals surface area contributed by atoms with Gasteiger partial charge in [-0.25, -0.2) is 0 Å². The summed E-state index contributed by atoms with van der Waals surface area (Å²) in [6.45, 7) is 1.41. The number of nitrogens with one attached hydrogen (secondary N) is 2. The molecule has 22 heavy (non-hydrogen) atoms. The van der Waals surface area contributed by atoms with Crippen LogP contribution in [0.2, 0.25) is 0 Å². The summed E-state index contributed by atoms with van der Waals surface area (Å²) in [6, 6.07) is 6.62. The lowest BCUT2D eigenvalue weighted by Crippen LogP contribution is -2.41. The molecule has 0 spiro atoms. The number of carbonyl (C=O) groups is 3. The normalized spacial score (nSPS) is 20.2. The highest BCUT2D eigenvalue weighted by Gasteiger charge is 2.29. The SMILES string of the molecule is CC(=O)Nc1ccc(NC(=O)[C@H]2CC=CC[C@@H]2C(=O)[O-])cc1. The van der Waals surface area contributed by atoms with Gasteiger partial charge in [-0.2, -0.15) is 0 Å². The fraction of sp³-hybridized carbons (Fsp3) is 0.312. The minimum atomic E-state index is -1.20. The van der Waals surface area contributed by atoms with Crippen LogP contribution in [-0.4, -0.2) is 17.8 Å². The molecule has 1 aromatic carbocycles. The Morgan fingerprint density at radius 2 is 1.45 bits per heavy atom. The molecule has 2 rings (SSSR count). The predicted octanol–water partition coefficient (Wildman–Crippen LogP) is 0.916. The second kappa shape index (κ2) is 6.89. The first-order chi connectivity index (χ1) is 10.5. The largest absolute Gasteiger partial charge is 0.550 e. The summed E-state index contributed by atoms with van der Waals surface area (Å²) in [5.41, 5.74) is 1.17. The first-order valence-corrected chi connectivity index (χ1v) is 7.01. The van der Waals surface area contributed by atoms with Gasteiger partial charge in [-0.05, 0) is 37.1 Å². The number of hydrogen-bond donors (Lipinski definition) is 2. The van der Waals surface area contributed by atoms with Crippen molar-refractivity contribution in [2.75, 3.05) is 10.6 Å². The van der Waals surface area contributed by atoms with Crippen LogP contribution < -0.4 is 15.7 Å². The third kappa shape index (κ3) is 3.94. The van der Waals surface area contributed by atoms with Gasteiger partial charge in [-0.3, -0.25) is 9.59 Å². The topological polar surface area (TPSA) is 98.3 Å². The molecule has 0 aromatic heterocycles. The smallest absolute Gasteiger partial charge is 0.228 e. The second-order valence-corrected chi connectivity index (χ2v) is 5.22. The number of aliphatic carboxylic acids is 1. The maximum absolute atomic E-state index is 12.2. The van der Waals surface area contributed by atoms with Crippen molar-refractivity contribution in [2.45, 2.75) is 19.8 Å². The Bertz CT molecular complexity index is 607. The molecule has 6 heteroatoms. The number of amides is 2. The van der Waals surface area contributed by atoms with Gasteiger partial charge >= 0.3 is 0 Å². The molecule has 1 aliphatic rings. The number of rotatable bonds is 4. The molecule has 0 aliphatic heterocycles. The van der Waals surface area contributed by atoms with E-state index in [4.69, 9.17) is 0 Å². The lowest BCUT2D eigenvalue weighted by molar-refractivity contribution is -0.313. The van der Waals surface area contributed by atoms with Crippen LogP contribution in [0.1, 0.15) is 19.8 Å². The van der Waals surface area contributed by atoms with Crippen molar-refractivity contribution >= 4 is 29.2 Å². The number of carboxylic acids is 1. The number of anilines is 2. The van der Waals surface area contributed by atoms with Crippen molar-refractivity contribution in [1.29, 1.82) is 0 Å². The molecule has 2 amide bonds. The minimum Gasteiger partial charge on any atom is -0.550 e. The molecule has 0 fully saturated rings. The zero-order valence-corrected chi connectivity index (χ0v) is 12.2. The van der Waals surface area contributed by atoms with Crippen LogP contribution in [0, 0.1) is 11.8 Å². The molecular formula is C16H17N2O4-. The molecule has 6 nitrogen and oxygen atoms in total. The average molecular weight is 301 g/mol. The number of hydrogen-bond acceptors (Lipinski definition) is 4. The van der Waals surface area contributed by atoms with Gasteiger partial charge in [0.2, 0.25) is 11.8 Å². The molecule has 0 unspecified atom stereocenters. The van der Waals surface area contributed by atoms with E-state index in [9.17, 15) is 19.5 Å². The zero-order valence-electron chi connectivity index (χ0n) is 12.2. The monoisotopic (exact) mass is 301 g/mol. The lowest BCUT2D eigenvalue weighted by atomic mass is 9.82. The van der Waals surface area contributed by atoms with Gasteiger partial charge < -0.3 is 20.5 Å². The van der Waals surface area contributed by atoms with Crippen LogP contribution in [0.4, 0.5) is 11.4 Å². The third-order valence-electron chi connectivity index (χ3n) is 3.54. The van der Waals surface area contributed by atoms with Crippen LogP contribution >= 0.6 is 0 Å². The Kier molecular flexibility index (Phi) is 4.93. The molecule has 0 radical (unpaired) electrons. The number of carbonyl (C=O) groups excluding carboxylic acids is 3. The Morgan fingerprint density at radius 1 is 0.955 bits per heavy atom. The molecule has 1 aromatic rings. The summed E-state index contributed by atoms with van der Waals surface area (Å²) in [6.07, 6.45) is 4.26. The molecule has 2 atom stereocenters. The molecule has 1 aliphatic carbocycles. The highest BCUT2D eigenvalue weighted by Crippen LogP contribution is 2.26. The quantitative estimate of drug-likeness (QED) is 0.808. The van der Waals surface area contributed by atoms with E-state index >= 15 is 0 Å². The van der Waals surface area contributed by atoms with Gasteiger partial charge in [-0.1, -0.05) is 12.2 Å². The fourth-order valence-electron chi connectivity index (χ4n) is 2.44. The van der Waals surface area contributed by atoms with Crippen molar-refractivity contribution < 1.29 is 19.5 Å². The summed E-state index contributed by atoms with van der Waals surface area (Å²) < 4.78 is 0. The summed E-state index contributed by atoms with van der Waals surface area (Å²) in [5, 5.41) is 16.4. The van der Waals surface area contributed by atoms with Crippen molar-refractivity contribution in [1.82, 2.24) is 0 Å². The molecule has 0 saturated carbocycles. The number of benzene rings is 1. The first kappa shape index (κ1) is 15.8. The van der Waals surface area contributed by atoms with Crippen molar-refractivity contribution in [3.05, 3.63) is 36.4 Å². The lowest BCUT2D eigenvalue weighted by Gasteiger charge is -2.28. The number of carboxylic acid groups (broad SMARTS) is 1. The Morgan fingerprint density at radius 3 is 1.95 bits per heavy atom. The van der Waals surface area contributed by atoms with E-state index in [1.54, 1.807) is 30.3 Å². The van der Waals surface area contributed by atoms with Crippen LogP contribution in [-0.2, 0) is 14.4 Å². The van der Waals surface area contributed by atoms with Crippen LogP contribution in [0.3, 0.4) is 0 Å². The van der Waals surface area contributed by atoms with E-state index in [2.05, 4.69) is 10.6 Å². The van der Waals surface area contributed by atoms with E-state index in [0.717, 1.165) is 0 Å². The predicted molar refractivity (Wildman–Crippen MR) is 79.7 cm³/mol. The molecule has 0 saturated heterocycles. The van der Waals surface area contributed by atoms with E-state index in [1.807, 2.05) is 6.08 Å². The molecule has 0 heterocycles. The van der Waals surface area contributed by atoms with E-state index in [1.165, 1.54) is 6.92 Å². The first-order valence-electron chi connectivity index (χ1n) is 7.01. The van der Waals surface area contributed by atoms with Gasteiger partial charge in [0.1, 0.15) is 0 Å². The summed E-state index contributed by atoms with van der Waals surface area (Å²) in [4.78, 5) is 34.3. The van der Waals surface area contributed by atoms with E-state index in [0.29, 0.717) is 24.2 Å². The molecule has 0 bridgehead atoms. The maximum Gasteiger partial charge on any atom is 0.228 e. The highest BCUT2D eigenvalue weighted by atomic mass is 16.4. The molecule has 116 valence electrons.